The number of hydrogen-bond donors (Lipinski definition) is 2. The average Bonchev–Trinajstić information content (AvgIpc) is 2.49. The zero-order valence-electron chi connectivity index (χ0n) is 12.5. The number of para-hydroxylation sites is 1. The summed E-state index contributed by atoms with van der Waals surface area (Å²) in [7, 11) is 0. The molecule has 0 aliphatic heterocycles. The Hall–Kier alpha value is -2.04. The Labute approximate surface area is 125 Å². The van der Waals surface area contributed by atoms with Gasteiger partial charge in [0.2, 0.25) is 5.91 Å². The van der Waals surface area contributed by atoms with Gasteiger partial charge in [0, 0.05) is 6.42 Å². The molecule has 0 saturated heterocycles. The van der Waals surface area contributed by atoms with Crippen molar-refractivity contribution in [2.75, 3.05) is 6.61 Å². The molecule has 0 spiro atoms. The normalized spacial score (nSPS) is 13.2. The summed E-state index contributed by atoms with van der Waals surface area (Å²) in [6, 6.07) is 8.54. The molecule has 0 aromatic heterocycles. The van der Waals surface area contributed by atoms with E-state index in [1.165, 1.54) is 0 Å². The summed E-state index contributed by atoms with van der Waals surface area (Å²) < 4.78 is 5.48. The molecule has 2 atom stereocenters. The van der Waals surface area contributed by atoms with Gasteiger partial charge in [0.05, 0.1) is 6.61 Å². The molecule has 1 rings (SSSR count). The van der Waals surface area contributed by atoms with Gasteiger partial charge in [0.1, 0.15) is 11.8 Å². The highest BCUT2D eigenvalue weighted by Gasteiger charge is 2.24. The number of amides is 1. The molecule has 116 valence electrons. The number of carboxylic acids is 1. The van der Waals surface area contributed by atoms with E-state index in [0.29, 0.717) is 19.4 Å². The van der Waals surface area contributed by atoms with Crippen LogP contribution in [0.15, 0.2) is 30.3 Å². The van der Waals surface area contributed by atoms with Crippen LogP contribution in [0.25, 0.3) is 0 Å². The van der Waals surface area contributed by atoms with Crippen LogP contribution in [-0.2, 0) is 9.59 Å². The molecule has 2 N–H and O–H groups in total. The van der Waals surface area contributed by atoms with Gasteiger partial charge in [-0.25, -0.2) is 4.79 Å². The van der Waals surface area contributed by atoms with E-state index in [1.807, 2.05) is 44.2 Å². The van der Waals surface area contributed by atoms with Crippen LogP contribution < -0.4 is 10.1 Å². The smallest absolute Gasteiger partial charge is 0.326 e. The van der Waals surface area contributed by atoms with Crippen molar-refractivity contribution in [1.82, 2.24) is 5.32 Å². The van der Waals surface area contributed by atoms with E-state index in [4.69, 9.17) is 9.84 Å². The molecular weight excluding hydrogens is 270 g/mol. The summed E-state index contributed by atoms with van der Waals surface area (Å²) in [5.74, 6) is -0.564. The molecule has 5 heteroatoms. The number of carbonyl (C=O) groups excluding carboxylic acids is 1. The number of aliphatic carboxylic acids is 1. The number of carboxylic acid groups (broad SMARTS) is 1. The predicted octanol–water partition coefficient (Wildman–Crippen LogP) is 2.46. The van der Waals surface area contributed by atoms with E-state index in [9.17, 15) is 9.59 Å². The van der Waals surface area contributed by atoms with Gasteiger partial charge in [0.15, 0.2) is 0 Å². The predicted molar refractivity (Wildman–Crippen MR) is 80.2 cm³/mol. The molecule has 0 heterocycles. The van der Waals surface area contributed by atoms with Crippen molar-refractivity contribution in [2.24, 2.45) is 5.92 Å². The fourth-order valence-electron chi connectivity index (χ4n) is 1.87. The maximum Gasteiger partial charge on any atom is 0.326 e. The Morgan fingerprint density at radius 2 is 1.95 bits per heavy atom. The number of carbonyl (C=O) groups is 2. The van der Waals surface area contributed by atoms with Crippen LogP contribution in [-0.4, -0.2) is 29.6 Å². The second kappa shape index (κ2) is 9.00. The van der Waals surface area contributed by atoms with Crippen LogP contribution in [0.1, 0.15) is 33.1 Å². The molecule has 0 saturated carbocycles. The second-order valence-corrected chi connectivity index (χ2v) is 5.03. The monoisotopic (exact) mass is 293 g/mol. The molecule has 21 heavy (non-hydrogen) atoms. The van der Waals surface area contributed by atoms with Crippen molar-refractivity contribution in [1.29, 1.82) is 0 Å². The first kappa shape index (κ1) is 17.0. The van der Waals surface area contributed by atoms with Crippen molar-refractivity contribution in [2.45, 2.75) is 39.2 Å². The molecule has 0 radical (unpaired) electrons. The lowest BCUT2D eigenvalue weighted by molar-refractivity contribution is -0.143. The first-order valence-electron chi connectivity index (χ1n) is 7.24. The van der Waals surface area contributed by atoms with Gasteiger partial charge in [0.25, 0.3) is 0 Å². The summed E-state index contributed by atoms with van der Waals surface area (Å²) >= 11 is 0. The van der Waals surface area contributed by atoms with Crippen LogP contribution >= 0.6 is 0 Å². The van der Waals surface area contributed by atoms with Gasteiger partial charge < -0.3 is 15.2 Å². The highest BCUT2D eigenvalue weighted by atomic mass is 16.5. The quantitative estimate of drug-likeness (QED) is 0.686. The van der Waals surface area contributed by atoms with Crippen LogP contribution in [0, 0.1) is 5.92 Å². The number of benzene rings is 1. The molecule has 1 aromatic carbocycles. The molecule has 0 unspecified atom stereocenters. The minimum absolute atomic E-state index is 0.0907. The highest BCUT2D eigenvalue weighted by molar-refractivity contribution is 5.83. The van der Waals surface area contributed by atoms with Gasteiger partial charge >= 0.3 is 5.97 Å². The summed E-state index contributed by atoms with van der Waals surface area (Å²) in [4.78, 5) is 22.9. The Bertz CT molecular complexity index is 447. The third-order valence-electron chi connectivity index (χ3n) is 3.36. The molecule has 5 nitrogen and oxygen atoms in total. The van der Waals surface area contributed by atoms with Gasteiger partial charge in [-0.15, -0.1) is 0 Å². The summed E-state index contributed by atoms with van der Waals surface area (Å²) in [5, 5.41) is 11.7. The Kier molecular flexibility index (Phi) is 7.29. The standard InChI is InChI=1S/C16H23NO4/c1-3-12(2)15(16(19)20)17-14(18)10-7-11-21-13-8-5-4-6-9-13/h4-6,8-9,12,15H,3,7,10-11H2,1-2H3,(H,17,18)(H,19,20)/t12-,15-/m0/s1. The lowest BCUT2D eigenvalue weighted by Crippen LogP contribution is -2.45. The third-order valence-corrected chi connectivity index (χ3v) is 3.36. The van der Waals surface area contributed by atoms with Crippen LogP contribution in [0.2, 0.25) is 0 Å². The summed E-state index contributed by atoms with van der Waals surface area (Å²) in [6.45, 7) is 4.15. The maximum absolute atomic E-state index is 11.8. The largest absolute Gasteiger partial charge is 0.494 e. The third kappa shape index (κ3) is 6.29. The van der Waals surface area contributed by atoms with E-state index in [1.54, 1.807) is 0 Å². The number of hydrogen-bond acceptors (Lipinski definition) is 3. The van der Waals surface area contributed by atoms with Crippen LogP contribution in [0.3, 0.4) is 0 Å². The van der Waals surface area contributed by atoms with Crippen molar-refractivity contribution >= 4 is 11.9 Å². The fraction of sp³-hybridized carbons (Fsp3) is 0.500. The van der Waals surface area contributed by atoms with Crippen molar-refractivity contribution in [3.05, 3.63) is 30.3 Å². The lowest BCUT2D eigenvalue weighted by atomic mass is 9.99. The zero-order chi connectivity index (χ0) is 15.7. The molecule has 0 aliphatic rings. The first-order valence-corrected chi connectivity index (χ1v) is 7.24. The van der Waals surface area contributed by atoms with Crippen molar-refractivity contribution < 1.29 is 19.4 Å². The highest BCUT2D eigenvalue weighted by Crippen LogP contribution is 2.10. The molecule has 0 bridgehead atoms. The van der Waals surface area contributed by atoms with Gasteiger partial charge in [-0.2, -0.15) is 0 Å². The molecule has 0 fully saturated rings. The van der Waals surface area contributed by atoms with E-state index < -0.39 is 12.0 Å². The van der Waals surface area contributed by atoms with E-state index in [-0.39, 0.29) is 18.2 Å². The fourth-order valence-corrected chi connectivity index (χ4v) is 1.87. The minimum atomic E-state index is -0.988. The first-order chi connectivity index (χ1) is 10.0. The van der Waals surface area contributed by atoms with E-state index in [0.717, 1.165) is 5.75 Å². The Morgan fingerprint density at radius 3 is 2.52 bits per heavy atom. The van der Waals surface area contributed by atoms with Crippen molar-refractivity contribution in [3.8, 4) is 5.75 Å². The zero-order valence-corrected chi connectivity index (χ0v) is 12.5. The lowest BCUT2D eigenvalue weighted by Gasteiger charge is -2.20. The van der Waals surface area contributed by atoms with Gasteiger partial charge in [-0.05, 0) is 24.5 Å². The summed E-state index contributed by atoms with van der Waals surface area (Å²) in [6.07, 6.45) is 1.51. The molecule has 1 amide bonds. The number of ether oxygens (including phenoxy) is 1. The SMILES string of the molecule is CC[C@H](C)[C@H](NC(=O)CCCOc1ccccc1)C(=O)O. The van der Waals surface area contributed by atoms with E-state index >= 15 is 0 Å². The minimum Gasteiger partial charge on any atom is -0.494 e. The topological polar surface area (TPSA) is 75.6 Å². The summed E-state index contributed by atoms with van der Waals surface area (Å²) in [5.41, 5.74) is 0. The molecular formula is C16H23NO4. The molecule has 1 aromatic rings. The number of rotatable bonds is 9. The van der Waals surface area contributed by atoms with Gasteiger partial charge in [-0.1, -0.05) is 38.5 Å². The maximum atomic E-state index is 11.8. The molecule has 0 aliphatic carbocycles. The Morgan fingerprint density at radius 1 is 1.29 bits per heavy atom. The number of nitrogens with one attached hydrogen (secondary N) is 1. The van der Waals surface area contributed by atoms with Crippen LogP contribution in [0.4, 0.5) is 0 Å². The van der Waals surface area contributed by atoms with Crippen molar-refractivity contribution in [3.63, 3.8) is 0 Å². The van der Waals surface area contributed by atoms with Crippen LogP contribution in [0.5, 0.6) is 5.75 Å². The second-order valence-electron chi connectivity index (χ2n) is 5.03. The van der Waals surface area contributed by atoms with Gasteiger partial charge in [-0.3, -0.25) is 4.79 Å². The Balaban J connectivity index is 2.28. The van der Waals surface area contributed by atoms with E-state index in [2.05, 4.69) is 5.32 Å². The average molecular weight is 293 g/mol.